The maximum absolute atomic E-state index is 9.03. The van der Waals surface area contributed by atoms with Gasteiger partial charge in [-0.1, -0.05) is 54.6 Å². The van der Waals surface area contributed by atoms with Crippen LogP contribution in [0.15, 0.2) is 78.9 Å². The SMILES string of the molecule is N#COc1ccc(C2C=CC(OC#N)(c3ccccc3)C=C2)cc1. The highest BCUT2D eigenvalue weighted by Gasteiger charge is 2.31. The Morgan fingerprint density at radius 2 is 1.50 bits per heavy atom. The molecule has 0 spiro atoms. The van der Waals surface area contributed by atoms with Crippen LogP contribution in [-0.4, -0.2) is 0 Å². The van der Waals surface area contributed by atoms with E-state index >= 15 is 0 Å². The molecule has 3 rings (SSSR count). The van der Waals surface area contributed by atoms with E-state index in [0.717, 1.165) is 11.1 Å². The van der Waals surface area contributed by atoms with Gasteiger partial charge in [0.1, 0.15) is 5.75 Å². The first kappa shape index (κ1) is 15.4. The van der Waals surface area contributed by atoms with Crippen molar-refractivity contribution in [2.24, 2.45) is 0 Å². The highest BCUT2D eigenvalue weighted by molar-refractivity contribution is 5.42. The van der Waals surface area contributed by atoms with E-state index in [4.69, 9.17) is 20.0 Å². The first-order chi connectivity index (χ1) is 11.8. The Bertz CT molecular complexity index is 826. The molecule has 24 heavy (non-hydrogen) atoms. The van der Waals surface area contributed by atoms with Gasteiger partial charge in [-0.25, -0.2) is 0 Å². The summed E-state index contributed by atoms with van der Waals surface area (Å²) in [5.41, 5.74) is 1.10. The van der Waals surface area contributed by atoms with Gasteiger partial charge in [0, 0.05) is 11.5 Å². The van der Waals surface area contributed by atoms with Crippen LogP contribution in [0.1, 0.15) is 17.0 Å². The second kappa shape index (κ2) is 6.73. The van der Waals surface area contributed by atoms with E-state index in [1.165, 1.54) is 0 Å². The summed E-state index contributed by atoms with van der Waals surface area (Å²) in [6, 6.07) is 16.9. The van der Waals surface area contributed by atoms with Crippen molar-refractivity contribution in [3.05, 3.63) is 90.0 Å². The molecule has 1 aliphatic carbocycles. The van der Waals surface area contributed by atoms with Crippen LogP contribution in [0.2, 0.25) is 0 Å². The molecule has 0 radical (unpaired) electrons. The van der Waals surface area contributed by atoms with E-state index in [2.05, 4.69) is 0 Å². The number of benzene rings is 2. The van der Waals surface area contributed by atoms with E-state index in [-0.39, 0.29) is 5.92 Å². The van der Waals surface area contributed by atoms with Gasteiger partial charge in [-0.15, -0.1) is 5.26 Å². The molecular formula is C20H14N2O2. The predicted molar refractivity (Wildman–Crippen MR) is 88.5 cm³/mol. The van der Waals surface area contributed by atoms with Crippen LogP contribution in [0.5, 0.6) is 5.75 Å². The van der Waals surface area contributed by atoms with E-state index < -0.39 is 5.60 Å². The average molecular weight is 314 g/mol. The van der Waals surface area contributed by atoms with Crippen molar-refractivity contribution in [3.63, 3.8) is 0 Å². The standard InChI is InChI=1S/C20H14N2O2/c21-14-23-19-8-6-16(7-9-19)17-10-12-20(13-11-17,24-15-22)18-4-2-1-3-5-18/h1-13,17H. The van der Waals surface area contributed by atoms with Crippen LogP contribution in [0.3, 0.4) is 0 Å². The number of nitrogens with zero attached hydrogens (tertiary/aromatic N) is 2. The van der Waals surface area contributed by atoms with Crippen molar-refractivity contribution in [2.75, 3.05) is 0 Å². The van der Waals surface area contributed by atoms with Crippen molar-refractivity contribution in [2.45, 2.75) is 11.5 Å². The van der Waals surface area contributed by atoms with Crippen molar-refractivity contribution < 1.29 is 9.47 Å². The zero-order chi connectivity index (χ0) is 16.8. The van der Waals surface area contributed by atoms with Crippen molar-refractivity contribution in [1.82, 2.24) is 0 Å². The number of ether oxygens (including phenoxy) is 2. The van der Waals surface area contributed by atoms with Crippen LogP contribution < -0.4 is 4.74 Å². The summed E-state index contributed by atoms with van der Waals surface area (Å²) in [5, 5.41) is 17.5. The van der Waals surface area contributed by atoms with Gasteiger partial charge in [0.15, 0.2) is 5.60 Å². The molecule has 4 nitrogen and oxygen atoms in total. The Hall–Kier alpha value is -3.50. The lowest BCUT2D eigenvalue weighted by atomic mass is 9.84. The van der Waals surface area contributed by atoms with Gasteiger partial charge in [0.2, 0.25) is 0 Å². The normalized spacial score (nSPS) is 21.5. The Balaban J connectivity index is 1.86. The zero-order valence-corrected chi connectivity index (χ0v) is 12.8. The number of allylic oxidation sites excluding steroid dienone is 2. The van der Waals surface area contributed by atoms with E-state index in [0.29, 0.717) is 5.75 Å². The van der Waals surface area contributed by atoms with Gasteiger partial charge in [-0.2, -0.15) is 5.26 Å². The second-order valence-electron chi connectivity index (χ2n) is 5.36. The summed E-state index contributed by atoms with van der Waals surface area (Å²) >= 11 is 0. The number of hydrogen-bond acceptors (Lipinski definition) is 4. The molecule has 0 aromatic heterocycles. The summed E-state index contributed by atoms with van der Waals surface area (Å²) in [5.74, 6) is 0.580. The lowest BCUT2D eigenvalue weighted by Crippen LogP contribution is -2.25. The summed E-state index contributed by atoms with van der Waals surface area (Å²) < 4.78 is 10.2. The lowest BCUT2D eigenvalue weighted by molar-refractivity contribution is 0.128. The maximum Gasteiger partial charge on any atom is 0.292 e. The lowest BCUT2D eigenvalue weighted by Gasteiger charge is -2.28. The molecule has 0 saturated heterocycles. The van der Waals surface area contributed by atoms with Crippen LogP contribution in [-0.2, 0) is 10.3 Å². The number of rotatable bonds is 4. The minimum absolute atomic E-state index is 0.0697. The zero-order valence-electron chi connectivity index (χ0n) is 12.8. The summed E-state index contributed by atoms with van der Waals surface area (Å²) in [7, 11) is 0. The van der Waals surface area contributed by atoms with E-state index in [9.17, 15) is 0 Å². The molecular weight excluding hydrogens is 300 g/mol. The van der Waals surface area contributed by atoms with Crippen LogP contribution in [0.25, 0.3) is 0 Å². The van der Waals surface area contributed by atoms with Gasteiger partial charge in [-0.05, 0) is 29.8 Å². The third kappa shape index (κ3) is 2.99. The Kier molecular flexibility index (Phi) is 4.32. The molecule has 0 atom stereocenters. The molecule has 0 aliphatic heterocycles. The Morgan fingerprint density at radius 1 is 0.833 bits per heavy atom. The summed E-state index contributed by atoms with van der Waals surface area (Å²) in [4.78, 5) is 0. The van der Waals surface area contributed by atoms with Crippen LogP contribution in [0, 0.1) is 23.0 Å². The van der Waals surface area contributed by atoms with Crippen molar-refractivity contribution in [3.8, 4) is 18.3 Å². The van der Waals surface area contributed by atoms with Crippen LogP contribution in [0.4, 0.5) is 0 Å². The van der Waals surface area contributed by atoms with Gasteiger partial charge in [0.05, 0.1) is 0 Å². The predicted octanol–water partition coefficient (Wildman–Crippen LogP) is 4.15. The highest BCUT2D eigenvalue weighted by Crippen LogP contribution is 2.36. The molecule has 0 saturated carbocycles. The first-order valence-corrected chi connectivity index (χ1v) is 7.45. The monoisotopic (exact) mass is 314 g/mol. The molecule has 116 valence electrons. The fourth-order valence-electron chi connectivity index (χ4n) is 2.74. The smallest absolute Gasteiger partial charge is 0.292 e. The molecule has 1 aliphatic rings. The van der Waals surface area contributed by atoms with E-state index in [1.54, 1.807) is 24.6 Å². The van der Waals surface area contributed by atoms with E-state index in [1.807, 2.05) is 66.8 Å². The minimum atomic E-state index is -0.865. The Morgan fingerprint density at radius 3 is 2.08 bits per heavy atom. The maximum atomic E-state index is 9.03. The third-order valence-corrected chi connectivity index (χ3v) is 3.97. The molecule has 4 heteroatoms. The quantitative estimate of drug-likeness (QED) is 0.628. The summed E-state index contributed by atoms with van der Waals surface area (Å²) in [6.45, 7) is 0. The first-order valence-electron chi connectivity index (χ1n) is 7.45. The molecule has 2 aromatic rings. The van der Waals surface area contributed by atoms with Gasteiger partial charge in [-0.3, -0.25) is 0 Å². The highest BCUT2D eigenvalue weighted by atomic mass is 16.5. The summed E-state index contributed by atoms with van der Waals surface area (Å²) in [6.07, 6.45) is 11.3. The molecule has 0 bridgehead atoms. The molecule has 0 N–H and O–H groups in total. The van der Waals surface area contributed by atoms with Gasteiger partial charge in [0.25, 0.3) is 12.5 Å². The molecule has 0 heterocycles. The topological polar surface area (TPSA) is 66.0 Å². The fraction of sp³-hybridized carbons (Fsp3) is 0.100. The van der Waals surface area contributed by atoms with Crippen LogP contribution >= 0.6 is 0 Å². The molecule has 0 amide bonds. The molecule has 2 aromatic carbocycles. The minimum Gasteiger partial charge on any atom is -0.407 e. The molecule has 0 fully saturated rings. The third-order valence-electron chi connectivity index (χ3n) is 3.97. The largest absolute Gasteiger partial charge is 0.407 e. The molecule has 0 unspecified atom stereocenters. The average Bonchev–Trinajstić information content (AvgIpc) is 2.64. The fourth-order valence-corrected chi connectivity index (χ4v) is 2.74. The second-order valence-corrected chi connectivity index (χ2v) is 5.36. The van der Waals surface area contributed by atoms with Crippen molar-refractivity contribution >= 4 is 0 Å². The van der Waals surface area contributed by atoms with Gasteiger partial charge >= 0.3 is 0 Å². The van der Waals surface area contributed by atoms with Crippen molar-refractivity contribution in [1.29, 1.82) is 10.5 Å². The Labute approximate surface area is 140 Å². The number of hydrogen-bond donors (Lipinski definition) is 0. The number of nitriles is 2. The van der Waals surface area contributed by atoms with Gasteiger partial charge < -0.3 is 9.47 Å².